The number of aromatic nitrogens is 6. The van der Waals surface area contributed by atoms with E-state index in [-0.39, 0.29) is 18.4 Å². The third-order valence-electron chi connectivity index (χ3n) is 6.14. The molecule has 1 unspecified atom stereocenters. The number of benzene rings is 1. The van der Waals surface area contributed by atoms with E-state index in [1.54, 1.807) is 43.0 Å². The Labute approximate surface area is 238 Å². The summed E-state index contributed by atoms with van der Waals surface area (Å²) < 4.78 is 48.8. The minimum Gasteiger partial charge on any atom is -0.494 e. The topological polar surface area (TPSA) is 163 Å². The van der Waals surface area contributed by atoms with Crippen LogP contribution in [-0.4, -0.2) is 75.4 Å². The highest BCUT2D eigenvalue weighted by Gasteiger charge is 2.36. The van der Waals surface area contributed by atoms with Crippen LogP contribution in [0.4, 0.5) is 5.95 Å². The molecule has 0 spiro atoms. The first-order chi connectivity index (χ1) is 19.6. The lowest BCUT2D eigenvalue weighted by Crippen LogP contribution is -2.35. The van der Waals surface area contributed by atoms with Gasteiger partial charge in [0, 0.05) is 30.4 Å². The number of anilines is 1. The Morgan fingerprint density at radius 3 is 2.22 bits per heavy atom. The van der Waals surface area contributed by atoms with E-state index in [1.165, 1.54) is 32.6 Å². The van der Waals surface area contributed by atoms with Gasteiger partial charge in [0.15, 0.2) is 11.6 Å². The largest absolute Gasteiger partial charge is 0.494 e. The van der Waals surface area contributed by atoms with E-state index in [1.807, 2.05) is 19.9 Å². The standard InChI is InChI=1S/C27H33N7O6S/c1-16-10-20(14-28-11-16)26-31-32-27(34(26)23-21(38-5)8-7-9-22(23)39-6)33-41(36,37)19(4)24(40-15-18(3)35)25-29-12-17(2)13-30-25/h7-14,18-19,24,35H,15H2,1-6H3,(H,32,33)/t18?,19-,24+/m0/s1. The molecule has 0 bridgehead atoms. The second-order valence-electron chi connectivity index (χ2n) is 9.52. The Bertz CT molecular complexity index is 1570. The zero-order valence-corrected chi connectivity index (χ0v) is 24.5. The van der Waals surface area contributed by atoms with Gasteiger partial charge in [0.05, 0.1) is 26.9 Å². The van der Waals surface area contributed by atoms with Crippen molar-refractivity contribution in [2.24, 2.45) is 0 Å². The molecule has 13 nitrogen and oxygen atoms in total. The summed E-state index contributed by atoms with van der Waals surface area (Å²) in [4.78, 5) is 12.8. The van der Waals surface area contributed by atoms with E-state index in [4.69, 9.17) is 14.2 Å². The summed E-state index contributed by atoms with van der Waals surface area (Å²) in [5, 5.41) is 17.1. The van der Waals surface area contributed by atoms with Crippen molar-refractivity contribution in [2.45, 2.75) is 45.2 Å². The van der Waals surface area contributed by atoms with Crippen LogP contribution in [0.15, 0.2) is 49.1 Å². The smallest absolute Gasteiger partial charge is 0.243 e. The number of rotatable bonds is 12. The fourth-order valence-corrected chi connectivity index (χ4v) is 5.17. The lowest BCUT2D eigenvalue weighted by atomic mass is 10.2. The first-order valence-corrected chi connectivity index (χ1v) is 14.3. The van der Waals surface area contributed by atoms with Crippen LogP contribution < -0.4 is 14.2 Å². The molecular formula is C27H33N7O6S. The van der Waals surface area contributed by atoms with Crippen LogP contribution in [0.5, 0.6) is 11.5 Å². The molecule has 3 atom stereocenters. The number of para-hydroxylation sites is 1. The predicted molar refractivity (Wildman–Crippen MR) is 152 cm³/mol. The van der Waals surface area contributed by atoms with Gasteiger partial charge < -0.3 is 19.3 Å². The van der Waals surface area contributed by atoms with E-state index in [0.29, 0.717) is 28.6 Å². The van der Waals surface area contributed by atoms with Crippen LogP contribution in [0.1, 0.15) is 36.9 Å². The van der Waals surface area contributed by atoms with Gasteiger partial charge in [0.2, 0.25) is 16.0 Å². The van der Waals surface area contributed by atoms with Crippen molar-refractivity contribution in [1.29, 1.82) is 0 Å². The Hall–Kier alpha value is -4.14. The number of nitrogens with one attached hydrogen (secondary N) is 1. The van der Waals surface area contributed by atoms with Crippen molar-refractivity contribution < 1.29 is 27.7 Å². The molecule has 0 saturated carbocycles. The molecule has 3 aromatic heterocycles. The minimum absolute atomic E-state index is 0.116. The number of pyridine rings is 1. The quantitative estimate of drug-likeness (QED) is 0.252. The molecule has 2 N–H and O–H groups in total. The van der Waals surface area contributed by atoms with E-state index in [9.17, 15) is 13.5 Å². The monoisotopic (exact) mass is 583 g/mol. The maximum Gasteiger partial charge on any atom is 0.243 e. The van der Waals surface area contributed by atoms with Gasteiger partial charge in [-0.1, -0.05) is 6.07 Å². The number of ether oxygens (including phenoxy) is 3. The summed E-state index contributed by atoms with van der Waals surface area (Å²) in [7, 11) is -1.23. The molecule has 41 heavy (non-hydrogen) atoms. The third-order valence-corrected chi connectivity index (χ3v) is 7.84. The number of aliphatic hydroxyl groups excluding tert-OH is 1. The van der Waals surface area contributed by atoms with E-state index >= 15 is 0 Å². The molecule has 3 heterocycles. The van der Waals surface area contributed by atoms with Crippen LogP contribution in [0.3, 0.4) is 0 Å². The number of hydrogen-bond donors (Lipinski definition) is 2. The molecule has 218 valence electrons. The van der Waals surface area contributed by atoms with E-state index in [0.717, 1.165) is 11.1 Å². The Morgan fingerprint density at radius 1 is 0.976 bits per heavy atom. The number of aliphatic hydroxyl groups is 1. The molecular weight excluding hydrogens is 550 g/mol. The predicted octanol–water partition coefficient (Wildman–Crippen LogP) is 3.02. The zero-order valence-electron chi connectivity index (χ0n) is 23.6. The molecule has 0 radical (unpaired) electrons. The van der Waals surface area contributed by atoms with Gasteiger partial charge in [-0.2, -0.15) is 0 Å². The van der Waals surface area contributed by atoms with Gasteiger partial charge in [-0.25, -0.2) is 18.4 Å². The van der Waals surface area contributed by atoms with Gasteiger partial charge in [0.1, 0.15) is 28.5 Å². The van der Waals surface area contributed by atoms with Crippen molar-refractivity contribution in [3.8, 4) is 28.6 Å². The average molecular weight is 584 g/mol. The first-order valence-electron chi connectivity index (χ1n) is 12.7. The minimum atomic E-state index is -4.22. The summed E-state index contributed by atoms with van der Waals surface area (Å²) in [6.45, 7) is 6.58. The summed E-state index contributed by atoms with van der Waals surface area (Å²) in [5.74, 6) is 1.14. The second kappa shape index (κ2) is 12.6. The normalized spacial score (nSPS) is 13.8. The molecule has 14 heteroatoms. The van der Waals surface area contributed by atoms with Gasteiger partial charge in [-0.15, -0.1) is 10.2 Å². The third kappa shape index (κ3) is 6.61. The van der Waals surface area contributed by atoms with Crippen LogP contribution in [0.25, 0.3) is 17.1 Å². The number of nitrogens with zero attached hydrogens (tertiary/aromatic N) is 6. The fourth-order valence-electron chi connectivity index (χ4n) is 4.07. The number of hydrogen-bond acceptors (Lipinski definition) is 11. The molecule has 0 saturated heterocycles. The molecule has 0 aliphatic carbocycles. The fraction of sp³-hybridized carbons (Fsp3) is 0.370. The average Bonchev–Trinajstić information content (AvgIpc) is 3.35. The highest BCUT2D eigenvalue weighted by Crippen LogP contribution is 2.38. The van der Waals surface area contributed by atoms with Crippen LogP contribution in [0, 0.1) is 13.8 Å². The Morgan fingerprint density at radius 2 is 1.63 bits per heavy atom. The van der Waals surface area contributed by atoms with Gasteiger partial charge in [-0.05, 0) is 57.0 Å². The molecule has 0 fully saturated rings. The van der Waals surface area contributed by atoms with E-state index in [2.05, 4.69) is 29.9 Å². The van der Waals surface area contributed by atoms with Crippen molar-refractivity contribution >= 4 is 16.0 Å². The van der Waals surface area contributed by atoms with Crippen molar-refractivity contribution in [1.82, 2.24) is 29.7 Å². The van der Waals surface area contributed by atoms with Crippen LogP contribution in [-0.2, 0) is 14.8 Å². The Kier molecular flexibility index (Phi) is 9.15. The summed E-state index contributed by atoms with van der Waals surface area (Å²) >= 11 is 0. The molecule has 0 aliphatic heterocycles. The van der Waals surface area contributed by atoms with Gasteiger partial charge >= 0.3 is 0 Å². The molecule has 0 aliphatic rings. The van der Waals surface area contributed by atoms with E-state index < -0.39 is 27.5 Å². The number of sulfonamides is 1. The molecule has 4 aromatic rings. The van der Waals surface area contributed by atoms with Gasteiger partial charge in [-0.3, -0.25) is 14.3 Å². The summed E-state index contributed by atoms with van der Waals surface area (Å²) in [6, 6.07) is 7.03. The van der Waals surface area contributed by atoms with Crippen molar-refractivity contribution in [3.63, 3.8) is 0 Å². The zero-order chi connectivity index (χ0) is 29.7. The first kappa shape index (κ1) is 29.8. The van der Waals surface area contributed by atoms with Gasteiger partial charge in [0.25, 0.3) is 0 Å². The summed E-state index contributed by atoms with van der Waals surface area (Å²) in [5.41, 5.74) is 2.65. The SMILES string of the molecule is COc1cccc(OC)c1-n1c(NS(=O)(=O)[C@@H](C)[C@@H](OCC(C)O)c2ncc(C)cn2)nnc1-c1cncc(C)c1. The highest BCUT2D eigenvalue weighted by molar-refractivity contribution is 7.93. The molecule has 0 amide bonds. The van der Waals surface area contributed by atoms with Crippen molar-refractivity contribution in [3.05, 3.63) is 66.0 Å². The van der Waals surface area contributed by atoms with Crippen LogP contribution >= 0.6 is 0 Å². The van der Waals surface area contributed by atoms with Crippen LogP contribution in [0.2, 0.25) is 0 Å². The highest BCUT2D eigenvalue weighted by atomic mass is 32.2. The number of methoxy groups -OCH3 is 2. The summed E-state index contributed by atoms with van der Waals surface area (Å²) in [6.07, 6.45) is 4.50. The lowest BCUT2D eigenvalue weighted by molar-refractivity contribution is -0.00765. The number of aryl methyl sites for hydroxylation is 2. The van der Waals surface area contributed by atoms with Crippen molar-refractivity contribution in [2.75, 3.05) is 25.5 Å². The lowest BCUT2D eigenvalue weighted by Gasteiger charge is -2.24. The molecule has 1 aromatic carbocycles. The second-order valence-corrected chi connectivity index (χ2v) is 11.6. The molecule has 4 rings (SSSR count). The maximum absolute atomic E-state index is 13.9. The Balaban J connectivity index is 1.83. The maximum atomic E-state index is 13.9.